The minimum Gasteiger partial charge on any atom is -0.497 e. The Kier molecular flexibility index (Phi) is 5.80. The van der Waals surface area contributed by atoms with Crippen LogP contribution in [0.2, 0.25) is 0 Å². The summed E-state index contributed by atoms with van der Waals surface area (Å²) in [6, 6.07) is 4.70. The van der Waals surface area contributed by atoms with Crippen molar-refractivity contribution in [3.05, 3.63) is 18.2 Å². The quantitative estimate of drug-likeness (QED) is 0.698. The van der Waals surface area contributed by atoms with Crippen molar-refractivity contribution in [2.45, 2.75) is 18.2 Å². The van der Waals surface area contributed by atoms with Gasteiger partial charge in [0.1, 0.15) is 11.5 Å². The van der Waals surface area contributed by atoms with E-state index in [0.29, 0.717) is 11.5 Å². The van der Waals surface area contributed by atoms with E-state index in [1.807, 2.05) is 0 Å². The van der Waals surface area contributed by atoms with E-state index in [-0.39, 0.29) is 27.0 Å². The van der Waals surface area contributed by atoms with Gasteiger partial charge < -0.3 is 14.8 Å². The van der Waals surface area contributed by atoms with Gasteiger partial charge in [-0.3, -0.25) is 9.52 Å². The topological polar surface area (TPSA) is 120 Å². The Balaban J connectivity index is 2.25. The van der Waals surface area contributed by atoms with E-state index in [1.165, 1.54) is 20.3 Å². The lowest BCUT2D eigenvalue weighted by molar-refractivity contribution is -0.118. The molecule has 1 aromatic carbocycles. The summed E-state index contributed by atoms with van der Waals surface area (Å²) in [5, 5.41) is 9.93. The average Bonchev–Trinajstić information content (AvgIpc) is 3.03. The third-order valence-electron chi connectivity index (χ3n) is 3.04. The Morgan fingerprint density at radius 3 is 2.52 bits per heavy atom. The van der Waals surface area contributed by atoms with Gasteiger partial charge in [0, 0.05) is 12.0 Å². The van der Waals surface area contributed by atoms with Crippen molar-refractivity contribution in [1.82, 2.24) is 10.2 Å². The summed E-state index contributed by atoms with van der Waals surface area (Å²) in [4.78, 5) is 11.6. The van der Waals surface area contributed by atoms with Gasteiger partial charge in [0.15, 0.2) is 0 Å². The third kappa shape index (κ3) is 4.57. The van der Waals surface area contributed by atoms with Gasteiger partial charge in [-0.15, -0.1) is 10.2 Å². The minimum atomic E-state index is -4.00. The molecule has 0 saturated heterocycles. The highest BCUT2D eigenvalue weighted by Gasteiger charge is 2.23. The average molecular weight is 386 g/mol. The molecule has 9 nitrogen and oxygen atoms in total. The van der Waals surface area contributed by atoms with Crippen molar-refractivity contribution in [1.29, 1.82) is 0 Å². The smallest absolute Gasteiger partial charge is 0.291 e. The van der Waals surface area contributed by atoms with Gasteiger partial charge in [-0.2, -0.15) is 8.42 Å². The number of methoxy groups -OCH3 is 2. The zero-order chi connectivity index (χ0) is 18.6. The van der Waals surface area contributed by atoms with Crippen LogP contribution in [-0.4, -0.2) is 38.7 Å². The van der Waals surface area contributed by atoms with Crippen LogP contribution < -0.4 is 19.5 Å². The van der Waals surface area contributed by atoms with Crippen molar-refractivity contribution >= 4 is 38.1 Å². The number of hydrogen-bond donors (Lipinski definition) is 2. The Morgan fingerprint density at radius 1 is 1.20 bits per heavy atom. The Hall–Kier alpha value is -2.40. The molecule has 0 aliphatic heterocycles. The SMILES string of the molecule is COc1ccc(OC)c(NS(=O)(=O)c2nnc(NC(=O)C(C)C)s2)c1. The van der Waals surface area contributed by atoms with Crippen LogP contribution >= 0.6 is 11.3 Å². The van der Waals surface area contributed by atoms with Crippen LogP contribution in [0.1, 0.15) is 13.8 Å². The summed E-state index contributed by atoms with van der Waals surface area (Å²) in [6.07, 6.45) is 0. The summed E-state index contributed by atoms with van der Waals surface area (Å²) < 4.78 is 37.3. The number of nitrogens with zero attached hydrogens (tertiary/aromatic N) is 2. The summed E-state index contributed by atoms with van der Waals surface area (Å²) in [5.74, 6) is 0.244. The van der Waals surface area contributed by atoms with E-state index in [1.54, 1.807) is 26.0 Å². The van der Waals surface area contributed by atoms with Crippen LogP contribution in [0.25, 0.3) is 0 Å². The molecule has 0 spiro atoms. The lowest BCUT2D eigenvalue weighted by Gasteiger charge is -2.11. The van der Waals surface area contributed by atoms with Crippen molar-refractivity contribution in [3.63, 3.8) is 0 Å². The number of ether oxygens (including phenoxy) is 2. The molecule has 11 heteroatoms. The molecule has 2 N–H and O–H groups in total. The molecule has 0 saturated carbocycles. The molecule has 2 rings (SSSR count). The highest BCUT2D eigenvalue weighted by Crippen LogP contribution is 2.31. The van der Waals surface area contributed by atoms with Gasteiger partial charge in [-0.25, -0.2) is 0 Å². The number of carbonyl (C=O) groups excluding carboxylic acids is 1. The first-order valence-electron chi connectivity index (χ1n) is 7.16. The van der Waals surface area contributed by atoms with Crippen molar-refractivity contribution in [3.8, 4) is 11.5 Å². The molecule has 0 radical (unpaired) electrons. The highest BCUT2D eigenvalue weighted by molar-refractivity contribution is 7.94. The number of hydrogen-bond acceptors (Lipinski definition) is 8. The maximum absolute atomic E-state index is 12.5. The zero-order valence-corrected chi connectivity index (χ0v) is 15.7. The molecular weight excluding hydrogens is 368 g/mol. The molecule has 1 heterocycles. The molecule has 0 aliphatic rings. The van der Waals surface area contributed by atoms with E-state index in [0.717, 1.165) is 11.3 Å². The summed E-state index contributed by atoms with van der Waals surface area (Å²) in [6.45, 7) is 3.43. The number of amides is 1. The lowest BCUT2D eigenvalue weighted by atomic mass is 10.2. The van der Waals surface area contributed by atoms with E-state index in [2.05, 4.69) is 20.2 Å². The number of sulfonamides is 1. The molecule has 0 bridgehead atoms. The maximum Gasteiger partial charge on any atom is 0.291 e. The summed E-state index contributed by atoms with van der Waals surface area (Å²) in [7, 11) is -1.11. The molecular formula is C14H18N4O5S2. The van der Waals surface area contributed by atoms with E-state index in [4.69, 9.17) is 9.47 Å². The molecule has 136 valence electrons. The van der Waals surface area contributed by atoms with Gasteiger partial charge in [-0.1, -0.05) is 25.2 Å². The van der Waals surface area contributed by atoms with Crippen molar-refractivity contribution in [2.24, 2.45) is 5.92 Å². The number of nitrogens with one attached hydrogen (secondary N) is 2. The molecule has 0 atom stereocenters. The minimum absolute atomic E-state index is 0.108. The first kappa shape index (κ1) is 18.9. The molecule has 2 aromatic rings. The van der Waals surface area contributed by atoms with E-state index < -0.39 is 10.0 Å². The molecule has 0 fully saturated rings. The Labute approximate surface area is 149 Å². The number of anilines is 2. The van der Waals surface area contributed by atoms with Gasteiger partial charge in [-0.05, 0) is 12.1 Å². The van der Waals surface area contributed by atoms with Gasteiger partial charge in [0.2, 0.25) is 11.0 Å². The van der Waals surface area contributed by atoms with E-state index in [9.17, 15) is 13.2 Å². The summed E-state index contributed by atoms with van der Waals surface area (Å²) in [5.41, 5.74) is 0.199. The largest absolute Gasteiger partial charge is 0.497 e. The fraction of sp³-hybridized carbons (Fsp3) is 0.357. The van der Waals surface area contributed by atoms with Crippen LogP contribution in [0.4, 0.5) is 10.8 Å². The predicted molar refractivity (Wildman–Crippen MR) is 93.7 cm³/mol. The Morgan fingerprint density at radius 2 is 1.92 bits per heavy atom. The second-order valence-corrected chi connectivity index (χ2v) is 8.02. The van der Waals surface area contributed by atoms with Crippen LogP contribution in [0.15, 0.2) is 22.5 Å². The molecule has 0 aliphatic carbocycles. The van der Waals surface area contributed by atoms with Gasteiger partial charge in [0.25, 0.3) is 14.4 Å². The van der Waals surface area contributed by atoms with Crippen LogP contribution in [0.3, 0.4) is 0 Å². The first-order chi connectivity index (χ1) is 11.8. The monoisotopic (exact) mass is 386 g/mol. The molecule has 0 unspecified atom stereocenters. The summed E-state index contributed by atoms with van der Waals surface area (Å²) >= 11 is 0.752. The lowest BCUT2D eigenvalue weighted by Crippen LogP contribution is -2.17. The highest BCUT2D eigenvalue weighted by atomic mass is 32.2. The number of benzene rings is 1. The maximum atomic E-state index is 12.5. The third-order valence-corrected chi connectivity index (χ3v) is 5.61. The second-order valence-electron chi connectivity index (χ2n) is 5.19. The van der Waals surface area contributed by atoms with Gasteiger partial charge >= 0.3 is 0 Å². The van der Waals surface area contributed by atoms with Crippen LogP contribution in [0, 0.1) is 5.92 Å². The molecule has 1 amide bonds. The van der Waals surface area contributed by atoms with Crippen LogP contribution in [-0.2, 0) is 14.8 Å². The number of aromatic nitrogens is 2. The van der Waals surface area contributed by atoms with Crippen molar-refractivity contribution in [2.75, 3.05) is 24.3 Å². The molecule has 1 aromatic heterocycles. The zero-order valence-electron chi connectivity index (χ0n) is 14.1. The first-order valence-corrected chi connectivity index (χ1v) is 9.46. The standard InChI is InChI=1S/C14H18N4O5S2/c1-8(2)12(19)15-13-16-17-14(24-13)25(20,21)18-10-7-9(22-3)5-6-11(10)23-4/h5-8,18H,1-4H3,(H,15,16,19). The Bertz CT molecular complexity index is 864. The van der Waals surface area contributed by atoms with Crippen molar-refractivity contribution < 1.29 is 22.7 Å². The second kappa shape index (κ2) is 7.66. The fourth-order valence-electron chi connectivity index (χ4n) is 1.70. The fourth-order valence-corrected chi connectivity index (χ4v) is 3.67. The number of carbonyl (C=O) groups is 1. The number of rotatable bonds is 7. The van der Waals surface area contributed by atoms with Crippen LogP contribution in [0.5, 0.6) is 11.5 Å². The molecule has 25 heavy (non-hydrogen) atoms. The predicted octanol–water partition coefficient (Wildman–Crippen LogP) is 1.95. The normalized spacial score (nSPS) is 11.2. The van der Waals surface area contributed by atoms with E-state index >= 15 is 0 Å². The van der Waals surface area contributed by atoms with Gasteiger partial charge in [0.05, 0.1) is 19.9 Å².